The van der Waals surface area contributed by atoms with Gasteiger partial charge in [-0.3, -0.25) is 0 Å². The average Bonchev–Trinajstić information content (AvgIpc) is 2.37. The van der Waals surface area contributed by atoms with Crippen molar-refractivity contribution in [1.29, 1.82) is 0 Å². The second kappa shape index (κ2) is 9.02. The molecule has 1 rings (SSSR count). The normalized spacial score (nSPS) is 9.72. The van der Waals surface area contributed by atoms with E-state index in [0.717, 1.165) is 36.2 Å². The van der Waals surface area contributed by atoms with Gasteiger partial charge in [0.05, 0.1) is 6.61 Å². The van der Waals surface area contributed by atoms with Crippen LogP contribution >= 0.6 is 15.9 Å². The second-order valence-electron chi connectivity index (χ2n) is 3.95. The number of rotatable bonds is 7. The molecule has 0 spiro atoms. The first-order chi connectivity index (χ1) is 8.77. The summed E-state index contributed by atoms with van der Waals surface area (Å²) in [5, 5.41) is 3.39. The highest BCUT2D eigenvalue weighted by Crippen LogP contribution is 2.23. The van der Waals surface area contributed by atoms with E-state index in [2.05, 4.69) is 46.1 Å². The molecular formula is C15H20BrNO. The number of hydrogen-bond acceptors (Lipinski definition) is 2. The smallest absolute Gasteiger partial charge is 0.123 e. The molecule has 0 aliphatic carbocycles. The van der Waals surface area contributed by atoms with Crippen molar-refractivity contribution in [2.24, 2.45) is 0 Å². The van der Waals surface area contributed by atoms with Gasteiger partial charge in [0.15, 0.2) is 0 Å². The summed E-state index contributed by atoms with van der Waals surface area (Å²) in [4.78, 5) is 0. The number of nitrogens with one attached hydrogen (secondary N) is 1. The van der Waals surface area contributed by atoms with Gasteiger partial charge in [0, 0.05) is 23.0 Å². The summed E-state index contributed by atoms with van der Waals surface area (Å²) in [6, 6.07) is 6.11. The Hall–Kier alpha value is -0.980. The molecule has 1 N–H and O–H groups in total. The summed E-state index contributed by atoms with van der Waals surface area (Å²) < 4.78 is 6.84. The second-order valence-corrected chi connectivity index (χ2v) is 4.87. The van der Waals surface area contributed by atoms with Crippen molar-refractivity contribution in [3.63, 3.8) is 0 Å². The van der Waals surface area contributed by atoms with E-state index in [1.165, 1.54) is 5.56 Å². The highest BCUT2D eigenvalue weighted by atomic mass is 79.9. The highest BCUT2D eigenvalue weighted by molar-refractivity contribution is 9.10. The SMILES string of the molecule is CC#CCCOc1ccc(Br)cc1CNCCC. The third-order valence-corrected chi connectivity index (χ3v) is 2.92. The van der Waals surface area contributed by atoms with Crippen LogP contribution in [0.5, 0.6) is 5.75 Å². The molecule has 0 aromatic heterocycles. The first-order valence-electron chi connectivity index (χ1n) is 6.29. The van der Waals surface area contributed by atoms with Gasteiger partial charge >= 0.3 is 0 Å². The molecule has 0 bridgehead atoms. The van der Waals surface area contributed by atoms with E-state index < -0.39 is 0 Å². The summed E-state index contributed by atoms with van der Waals surface area (Å²) in [7, 11) is 0. The fourth-order valence-electron chi connectivity index (χ4n) is 1.56. The first kappa shape index (κ1) is 15.1. The maximum Gasteiger partial charge on any atom is 0.123 e. The molecule has 0 saturated heterocycles. The van der Waals surface area contributed by atoms with Crippen LogP contribution in [0.15, 0.2) is 22.7 Å². The molecule has 0 amide bonds. The molecule has 0 heterocycles. The van der Waals surface area contributed by atoms with Gasteiger partial charge in [-0.05, 0) is 38.1 Å². The Bertz CT molecular complexity index is 420. The van der Waals surface area contributed by atoms with Gasteiger partial charge in [0.1, 0.15) is 5.75 Å². The Kier molecular flexibility index (Phi) is 7.55. The highest BCUT2D eigenvalue weighted by Gasteiger charge is 2.04. The Morgan fingerprint density at radius 2 is 2.22 bits per heavy atom. The van der Waals surface area contributed by atoms with Crippen molar-refractivity contribution in [1.82, 2.24) is 5.32 Å². The third-order valence-electron chi connectivity index (χ3n) is 2.43. The average molecular weight is 310 g/mol. The Morgan fingerprint density at radius 3 is 2.94 bits per heavy atom. The van der Waals surface area contributed by atoms with Crippen molar-refractivity contribution >= 4 is 15.9 Å². The zero-order valence-corrected chi connectivity index (χ0v) is 12.6. The van der Waals surface area contributed by atoms with Crippen molar-refractivity contribution in [3.8, 4) is 17.6 Å². The largest absolute Gasteiger partial charge is 0.492 e. The van der Waals surface area contributed by atoms with E-state index in [0.29, 0.717) is 6.61 Å². The Morgan fingerprint density at radius 1 is 1.39 bits per heavy atom. The number of ether oxygens (including phenoxy) is 1. The van der Waals surface area contributed by atoms with Crippen molar-refractivity contribution in [3.05, 3.63) is 28.2 Å². The van der Waals surface area contributed by atoms with Crippen LogP contribution in [0.1, 0.15) is 32.3 Å². The molecule has 0 radical (unpaired) electrons. The maximum absolute atomic E-state index is 5.76. The van der Waals surface area contributed by atoms with Gasteiger partial charge in [-0.1, -0.05) is 22.9 Å². The van der Waals surface area contributed by atoms with E-state index in [4.69, 9.17) is 4.74 Å². The summed E-state index contributed by atoms with van der Waals surface area (Å²) in [6.45, 7) is 6.51. The molecule has 0 atom stereocenters. The lowest BCUT2D eigenvalue weighted by atomic mass is 10.2. The minimum absolute atomic E-state index is 0.642. The molecular weight excluding hydrogens is 290 g/mol. The van der Waals surface area contributed by atoms with E-state index in [-0.39, 0.29) is 0 Å². The van der Waals surface area contributed by atoms with Gasteiger partial charge in [-0.15, -0.1) is 11.8 Å². The zero-order chi connectivity index (χ0) is 13.2. The molecule has 1 aromatic carbocycles. The van der Waals surface area contributed by atoms with E-state index in [1.54, 1.807) is 0 Å². The van der Waals surface area contributed by atoms with Crippen LogP contribution in [0.2, 0.25) is 0 Å². The van der Waals surface area contributed by atoms with Crippen LogP contribution < -0.4 is 10.1 Å². The maximum atomic E-state index is 5.76. The fourth-order valence-corrected chi connectivity index (χ4v) is 1.97. The first-order valence-corrected chi connectivity index (χ1v) is 7.08. The quantitative estimate of drug-likeness (QED) is 0.612. The minimum atomic E-state index is 0.642. The number of halogens is 1. The van der Waals surface area contributed by atoms with E-state index >= 15 is 0 Å². The molecule has 1 aromatic rings. The van der Waals surface area contributed by atoms with Crippen LogP contribution in [0.3, 0.4) is 0 Å². The van der Waals surface area contributed by atoms with Crippen LogP contribution in [0, 0.1) is 11.8 Å². The fraction of sp³-hybridized carbons (Fsp3) is 0.467. The minimum Gasteiger partial charge on any atom is -0.492 e. The van der Waals surface area contributed by atoms with E-state index in [9.17, 15) is 0 Å². The molecule has 0 aliphatic heterocycles. The Labute approximate surface area is 118 Å². The van der Waals surface area contributed by atoms with Crippen LogP contribution in [-0.2, 0) is 6.54 Å². The Balaban J connectivity index is 2.59. The summed E-state index contributed by atoms with van der Waals surface area (Å²) >= 11 is 3.49. The predicted molar refractivity (Wildman–Crippen MR) is 79.7 cm³/mol. The summed E-state index contributed by atoms with van der Waals surface area (Å²) in [5.41, 5.74) is 1.18. The lowest BCUT2D eigenvalue weighted by Crippen LogP contribution is -2.14. The lowest BCUT2D eigenvalue weighted by Gasteiger charge is -2.11. The summed E-state index contributed by atoms with van der Waals surface area (Å²) in [6.07, 6.45) is 1.91. The predicted octanol–water partition coefficient (Wildman–Crippen LogP) is 3.74. The van der Waals surface area contributed by atoms with Crippen molar-refractivity contribution in [2.75, 3.05) is 13.2 Å². The number of hydrogen-bond donors (Lipinski definition) is 1. The van der Waals surface area contributed by atoms with Crippen LogP contribution in [0.25, 0.3) is 0 Å². The van der Waals surface area contributed by atoms with E-state index in [1.807, 2.05) is 19.1 Å². The molecule has 0 aliphatic rings. The lowest BCUT2D eigenvalue weighted by molar-refractivity contribution is 0.322. The number of benzene rings is 1. The molecule has 0 unspecified atom stereocenters. The molecule has 2 nitrogen and oxygen atoms in total. The van der Waals surface area contributed by atoms with Gasteiger partial charge in [0.25, 0.3) is 0 Å². The van der Waals surface area contributed by atoms with Crippen molar-refractivity contribution in [2.45, 2.75) is 33.2 Å². The van der Waals surface area contributed by atoms with Gasteiger partial charge in [-0.2, -0.15) is 0 Å². The molecule has 18 heavy (non-hydrogen) atoms. The monoisotopic (exact) mass is 309 g/mol. The van der Waals surface area contributed by atoms with Gasteiger partial charge in [0.2, 0.25) is 0 Å². The van der Waals surface area contributed by atoms with Gasteiger partial charge in [-0.25, -0.2) is 0 Å². The molecule has 0 saturated carbocycles. The molecule has 98 valence electrons. The topological polar surface area (TPSA) is 21.3 Å². The van der Waals surface area contributed by atoms with Crippen LogP contribution in [0.4, 0.5) is 0 Å². The van der Waals surface area contributed by atoms with Crippen molar-refractivity contribution < 1.29 is 4.74 Å². The van der Waals surface area contributed by atoms with Gasteiger partial charge < -0.3 is 10.1 Å². The summed E-state index contributed by atoms with van der Waals surface area (Å²) in [5.74, 6) is 6.82. The molecule has 3 heteroatoms. The zero-order valence-electron chi connectivity index (χ0n) is 11.1. The molecule has 0 fully saturated rings. The van der Waals surface area contributed by atoms with Crippen LogP contribution in [-0.4, -0.2) is 13.2 Å². The standard InChI is InChI=1S/C15H20BrNO/c1-3-5-6-10-18-15-8-7-14(16)11-13(15)12-17-9-4-2/h7-8,11,17H,4,6,9-10,12H2,1-2H3. The third kappa shape index (κ3) is 5.57.